The van der Waals surface area contributed by atoms with Gasteiger partial charge in [-0.2, -0.15) is 8.42 Å². The van der Waals surface area contributed by atoms with Crippen molar-refractivity contribution in [2.75, 3.05) is 13.2 Å². The van der Waals surface area contributed by atoms with Crippen LogP contribution in [0.4, 0.5) is 0 Å². The van der Waals surface area contributed by atoms with Crippen molar-refractivity contribution in [1.29, 1.82) is 0 Å². The SMILES string of the molecule is CCCCCCCCCCCCCCCCOC(=O)CC(C(=O)OCCCCCCCCCCCC)S(=O)(=O)O.c1ccncc1. The summed E-state index contributed by atoms with van der Waals surface area (Å²) in [5, 5.41) is -1.93. The molecule has 0 bridgehead atoms. The van der Waals surface area contributed by atoms with Gasteiger partial charge in [0.05, 0.1) is 19.6 Å². The van der Waals surface area contributed by atoms with Gasteiger partial charge in [-0.15, -0.1) is 0 Å². The highest BCUT2D eigenvalue weighted by atomic mass is 32.2. The van der Waals surface area contributed by atoms with Crippen LogP contribution < -0.4 is 0 Å². The number of rotatable bonds is 30. The number of pyridine rings is 1. The maximum Gasteiger partial charge on any atom is 0.327 e. The first kappa shape index (κ1) is 44.0. The van der Waals surface area contributed by atoms with Gasteiger partial charge in [-0.3, -0.25) is 19.1 Å². The van der Waals surface area contributed by atoms with Gasteiger partial charge in [0.2, 0.25) is 0 Å². The van der Waals surface area contributed by atoms with Crippen molar-refractivity contribution in [2.45, 2.75) is 180 Å². The van der Waals surface area contributed by atoms with Crippen molar-refractivity contribution >= 4 is 22.1 Å². The van der Waals surface area contributed by atoms with Gasteiger partial charge in [0.1, 0.15) is 0 Å². The number of carbonyl (C=O) groups excluding carboxylic acids is 2. The third-order valence-electron chi connectivity index (χ3n) is 8.04. The number of carbonyl (C=O) groups is 2. The smallest absolute Gasteiger partial charge is 0.327 e. The molecule has 0 spiro atoms. The molecule has 9 heteroatoms. The first-order valence-corrected chi connectivity index (χ1v) is 20.0. The molecule has 1 unspecified atom stereocenters. The predicted octanol–water partition coefficient (Wildman–Crippen LogP) is 10.2. The van der Waals surface area contributed by atoms with E-state index in [9.17, 15) is 22.6 Å². The Hall–Kier alpha value is -2.00. The largest absolute Gasteiger partial charge is 0.466 e. The minimum Gasteiger partial charge on any atom is -0.466 e. The molecule has 0 fully saturated rings. The normalized spacial score (nSPS) is 11.8. The topological polar surface area (TPSA) is 120 Å². The summed E-state index contributed by atoms with van der Waals surface area (Å²) in [6.07, 6.45) is 31.2. The molecule has 268 valence electrons. The summed E-state index contributed by atoms with van der Waals surface area (Å²) < 4.78 is 42.9. The molecule has 0 radical (unpaired) electrons. The standard InChI is InChI=1S/C32H62O7S.C5H5N/c1-3-5-7-9-11-13-15-16-17-18-20-21-23-25-27-38-31(33)29-30(40(35,36)37)32(34)39-28-26-24-22-19-14-12-10-8-6-4-2;1-2-4-6-5-3-1/h30H,3-29H2,1-2H3,(H,35,36,37);1-5H. The lowest BCUT2D eigenvalue weighted by Gasteiger charge is -2.13. The maximum absolute atomic E-state index is 12.2. The molecular weight excluding hydrogens is 602 g/mol. The highest BCUT2D eigenvalue weighted by Gasteiger charge is 2.35. The molecule has 1 heterocycles. The number of unbranched alkanes of at least 4 members (excludes halogenated alkanes) is 22. The Morgan fingerprint density at radius 2 is 0.913 bits per heavy atom. The molecular formula is C37H67NO7S. The summed E-state index contributed by atoms with van der Waals surface area (Å²) in [7, 11) is -4.76. The Bertz CT molecular complexity index is 885. The van der Waals surface area contributed by atoms with Crippen molar-refractivity contribution in [3.05, 3.63) is 30.6 Å². The van der Waals surface area contributed by atoms with Crippen LogP contribution in [0, 0.1) is 0 Å². The van der Waals surface area contributed by atoms with Gasteiger partial charge >= 0.3 is 11.9 Å². The van der Waals surface area contributed by atoms with E-state index in [2.05, 4.69) is 18.8 Å². The zero-order valence-electron chi connectivity index (χ0n) is 29.3. The van der Waals surface area contributed by atoms with E-state index in [0.717, 1.165) is 32.1 Å². The molecule has 0 saturated heterocycles. The Labute approximate surface area is 282 Å². The highest BCUT2D eigenvalue weighted by molar-refractivity contribution is 7.87. The molecule has 1 N–H and O–H groups in total. The molecule has 0 aliphatic carbocycles. The van der Waals surface area contributed by atoms with E-state index in [0.29, 0.717) is 12.8 Å². The van der Waals surface area contributed by atoms with Crippen LogP contribution in [0.15, 0.2) is 30.6 Å². The van der Waals surface area contributed by atoms with Crippen LogP contribution in [0.1, 0.15) is 174 Å². The quantitative estimate of drug-likeness (QED) is 0.0488. The van der Waals surface area contributed by atoms with E-state index in [1.807, 2.05) is 18.2 Å². The lowest BCUT2D eigenvalue weighted by Crippen LogP contribution is -2.34. The van der Waals surface area contributed by atoms with Crippen LogP contribution in [0.25, 0.3) is 0 Å². The van der Waals surface area contributed by atoms with Crippen LogP contribution in [-0.2, 0) is 29.2 Å². The monoisotopic (exact) mass is 669 g/mol. The molecule has 46 heavy (non-hydrogen) atoms. The second kappa shape index (κ2) is 32.9. The molecule has 0 saturated carbocycles. The molecule has 1 atom stereocenters. The zero-order valence-corrected chi connectivity index (χ0v) is 30.1. The van der Waals surface area contributed by atoms with Crippen LogP contribution in [0.2, 0.25) is 0 Å². The van der Waals surface area contributed by atoms with Crippen LogP contribution in [-0.4, -0.2) is 48.4 Å². The Kier molecular flexibility index (Phi) is 31.5. The summed E-state index contributed by atoms with van der Waals surface area (Å²) in [4.78, 5) is 28.1. The van der Waals surface area contributed by atoms with Crippen molar-refractivity contribution in [2.24, 2.45) is 0 Å². The fourth-order valence-corrected chi connectivity index (χ4v) is 5.83. The van der Waals surface area contributed by atoms with Gasteiger partial charge in [-0.25, -0.2) is 0 Å². The maximum atomic E-state index is 12.2. The minimum absolute atomic E-state index is 0.0788. The Morgan fingerprint density at radius 3 is 1.22 bits per heavy atom. The van der Waals surface area contributed by atoms with Gasteiger partial charge in [0, 0.05) is 12.4 Å². The average Bonchev–Trinajstić information content (AvgIpc) is 3.04. The Balaban J connectivity index is 0.00000299. The molecule has 8 nitrogen and oxygen atoms in total. The summed E-state index contributed by atoms with van der Waals surface area (Å²) in [5.41, 5.74) is 0. The predicted molar refractivity (Wildman–Crippen MR) is 188 cm³/mol. The van der Waals surface area contributed by atoms with E-state index >= 15 is 0 Å². The van der Waals surface area contributed by atoms with E-state index in [1.165, 1.54) is 109 Å². The zero-order chi connectivity index (χ0) is 34.0. The molecule has 0 aliphatic heterocycles. The molecule has 1 aromatic heterocycles. The fraction of sp³-hybridized carbons (Fsp3) is 0.811. The number of ether oxygens (including phenoxy) is 2. The van der Waals surface area contributed by atoms with Gasteiger partial charge in [-0.05, 0) is 25.0 Å². The molecule has 0 amide bonds. The first-order chi connectivity index (χ1) is 22.3. The van der Waals surface area contributed by atoms with Crippen LogP contribution >= 0.6 is 0 Å². The highest BCUT2D eigenvalue weighted by Crippen LogP contribution is 2.14. The minimum atomic E-state index is -4.76. The summed E-state index contributed by atoms with van der Waals surface area (Å²) in [6, 6.07) is 5.72. The first-order valence-electron chi connectivity index (χ1n) is 18.5. The fourth-order valence-electron chi connectivity index (χ4n) is 5.17. The molecule has 0 aliphatic rings. The third kappa shape index (κ3) is 30.6. The summed E-state index contributed by atoms with van der Waals surface area (Å²) in [6.45, 7) is 4.71. The van der Waals surface area contributed by atoms with Gasteiger partial charge in [0.25, 0.3) is 10.1 Å². The number of esters is 2. The molecule has 1 aromatic rings. The van der Waals surface area contributed by atoms with Gasteiger partial charge in [0.15, 0.2) is 5.25 Å². The van der Waals surface area contributed by atoms with E-state index in [4.69, 9.17) is 9.47 Å². The average molecular weight is 670 g/mol. The molecule has 0 aromatic carbocycles. The number of hydrogen-bond acceptors (Lipinski definition) is 7. The van der Waals surface area contributed by atoms with E-state index < -0.39 is 33.7 Å². The summed E-state index contributed by atoms with van der Waals surface area (Å²) in [5.74, 6) is -1.90. The van der Waals surface area contributed by atoms with Crippen LogP contribution in [0.5, 0.6) is 0 Å². The van der Waals surface area contributed by atoms with Gasteiger partial charge < -0.3 is 9.47 Å². The van der Waals surface area contributed by atoms with Crippen molar-refractivity contribution in [1.82, 2.24) is 4.98 Å². The third-order valence-corrected chi connectivity index (χ3v) is 9.12. The van der Waals surface area contributed by atoms with Gasteiger partial charge in [-0.1, -0.05) is 161 Å². The van der Waals surface area contributed by atoms with Crippen molar-refractivity contribution in [3.8, 4) is 0 Å². The van der Waals surface area contributed by atoms with Crippen molar-refractivity contribution < 1.29 is 32.0 Å². The second-order valence-electron chi connectivity index (χ2n) is 12.4. The van der Waals surface area contributed by atoms with Crippen molar-refractivity contribution in [3.63, 3.8) is 0 Å². The molecule has 1 rings (SSSR count). The number of nitrogens with zero attached hydrogens (tertiary/aromatic N) is 1. The lowest BCUT2D eigenvalue weighted by atomic mass is 10.0. The van der Waals surface area contributed by atoms with E-state index in [1.54, 1.807) is 12.4 Å². The lowest BCUT2D eigenvalue weighted by molar-refractivity contribution is -0.150. The number of hydrogen-bond donors (Lipinski definition) is 1. The summed E-state index contributed by atoms with van der Waals surface area (Å²) >= 11 is 0. The Morgan fingerprint density at radius 1 is 0.565 bits per heavy atom. The van der Waals surface area contributed by atoms with Crippen LogP contribution in [0.3, 0.4) is 0 Å². The second-order valence-corrected chi connectivity index (χ2v) is 14.0. The number of aromatic nitrogens is 1. The van der Waals surface area contributed by atoms with E-state index in [-0.39, 0.29) is 13.2 Å².